The maximum Gasteiger partial charge on any atom is 0.313 e. The Kier molecular flexibility index (Phi) is 5.71. The molecule has 140 valence electrons. The van der Waals surface area contributed by atoms with Crippen LogP contribution in [0.5, 0.6) is 5.75 Å². The lowest BCUT2D eigenvalue weighted by Gasteiger charge is -2.16. The van der Waals surface area contributed by atoms with Gasteiger partial charge < -0.3 is 20.3 Å². The standard InChI is InChI=1S/C20H21N3O4/c1-27-17-9-7-14(8-10-17)13-21-19(25)20(26)22-15-4-2-5-16(12-15)23-11-3-6-18(23)24/h2,4-5,7-10,12H,3,6,11,13H2,1H3,(H,21,25)(H,22,26). The molecular weight excluding hydrogens is 346 g/mol. The van der Waals surface area contributed by atoms with Crippen LogP contribution in [0.4, 0.5) is 11.4 Å². The third-order valence-electron chi connectivity index (χ3n) is 4.31. The van der Waals surface area contributed by atoms with Gasteiger partial charge in [0.05, 0.1) is 7.11 Å². The Morgan fingerprint density at radius 1 is 1.11 bits per heavy atom. The first-order chi connectivity index (χ1) is 13.1. The minimum absolute atomic E-state index is 0.0655. The maximum atomic E-state index is 12.1. The maximum absolute atomic E-state index is 12.1. The van der Waals surface area contributed by atoms with Gasteiger partial charge in [-0.05, 0) is 42.3 Å². The molecule has 1 aliphatic rings. The molecule has 7 heteroatoms. The lowest BCUT2D eigenvalue weighted by Crippen LogP contribution is -2.35. The Labute approximate surface area is 157 Å². The number of ether oxygens (including phenoxy) is 1. The van der Waals surface area contributed by atoms with Crippen molar-refractivity contribution in [3.8, 4) is 5.75 Å². The second-order valence-corrected chi connectivity index (χ2v) is 6.18. The van der Waals surface area contributed by atoms with Crippen LogP contribution in [0.3, 0.4) is 0 Å². The van der Waals surface area contributed by atoms with Crippen molar-refractivity contribution >= 4 is 29.1 Å². The minimum atomic E-state index is -0.756. The van der Waals surface area contributed by atoms with E-state index in [0.717, 1.165) is 17.7 Å². The first-order valence-electron chi connectivity index (χ1n) is 8.69. The van der Waals surface area contributed by atoms with Gasteiger partial charge in [-0.15, -0.1) is 0 Å². The molecule has 0 aliphatic carbocycles. The molecule has 0 atom stereocenters. The third-order valence-corrected chi connectivity index (χ3v) is 4.31. The summed E-state index contributed by atoms with van der Waals surface area (Å²) in [5.41, 5.74) is 2.04. The Hall–Kier alpha value is -3.35. The molecule has 1 fully saturated rings. The summed E-state index contributed by atoms with van der Waals surface area (Å²) in [6.07, 6.45) is 1.35. The van der Waals surface area contributed by atoms with E-state index in [1.54, 1.807) is 42.3 Å². The van der Waals surface area contributed by atoms with E-state index in [-0.39, 0.29) is 12.5 Å². The number of nitrogens with one attached hydrogen (secondary N) is 2. The van der Waals surface area contributed by atoms with E-state index in [0.29, 0.717) is 24.3 Å². The number of carbonyl (C=O) groups is 3. The highest BCUT2D eigenvalue weighted by Gasteiger charge is 2.22. The van der Waals surface area contributed by atoms with Crippen LogP contribution in [0.15, 0.2) is 48.5 Å². The highest BCUT2D eigenvalue weighted by molar-refractivity contribution is 6.39. The number of hydrogen-bond acceptors (Lipinski definition) is 4. The summed E-state index contributed by atoms with van der Waals surface area (Å²) in [5.74, 6) is -0.697. The number of benzene rings is 2. The second-order valence-electron chi connectivity index (χ2n) is 6.18. The van der Waals surface area contributed by atoms with Crippen LogP contribution in [-0.4, -0.2) is 31.4 Å². The Morgan fingerprint density at radius 3 is 2.56 bits per heavy atom. The van der Waals surface area contributed by atoms with Gasteiger partial charge in [-0.3, -0.25) is 14.4 Å². The highest BCUT2D eigenvalue weighted by atomic mass is 16.5. The van der Waals surface area contributed by atoms with E-state index in [4.69, 9.17) is 4.74 Å². The Bertz CT molecular complexity index is 849. The van der Waals surface area contributed by atoms with Crippen molar-refractivity contribution in [2.45, 2.75) is 19.4 Å². The van der Waals surface area contributed by atoms with Gasteiger partial charge in [0.25, 0.3) is 0 Å². The summed E-state index contributed by atoms with van der Waals surface area (Å²) >= 11 is 0. The minimum Gasteiger partial charge on any atom is -0.497 e. The molecule has 0 saturated carbocycles. The zero-order valence-corrected chi connectivity index (χ0v) is 15.0. The van der Waals surface area contributed by atoms with Gasteiger partial charge in [0.15, 0.2) is 0 Å². The number of methoxy groups -OCH3 is 1. The first-order valence-corrected chi connectivity index (χ1v) is 8.69. The third kappa shape index (κ3) is 4.63. The Balaban J connectivity index is 1.56. The van der Waals surface area contributed by atoms with E-state index < -0.39 is 11.8 Å². The predicted molar refractivity (Wildman–Crippen MR) is 101 cm³/mol. The Morgan fingerprint density at radius 2 is 1.89 bits per heavy atom. The summed E-state index contributed by atoms with van der Waals surface area (Å²) in [6.45, 7) is 0.900. The van der Waals surface area contributed by atoms with Crippen molar-refractivity contribution in [3.63, 3.8) is 0 Å². The van der Waals surface area contributed by atoms with Gasteiger partial charge in [0.1, 0.15) is 5.75 Å². The SMILES string of the molecule is COc1ccc(CNC(=O)C(=O)Nc2cccc(N3CCCC3=O)c2)cc1. The number of amides is 3. The lowest BCUT2D eigenvalue weighted by atomic mass is 10.2. The average molecular weight is 367 g/mol. The summed E-state index contributed by atoms with van der Waals surface area (Å²) in [6, 6.07) is 14.1. The quantitative estimate of drug-likeness (QED) is 0.792. The number of hydrogen-bond donors (Lipinski definition) is 2. The molecule has 1 saturated heterocycles. The normalized spacial score (nSPS) is 13.4. The van der Waals surface area contributed by atoms with Crippen molar-refractivity contribution in [2.75, 3.05) is 23.9 Å². The van der Waals surface area contributed by atoms with Crippen LogP contribution in [0, 0.1) is 0 Å². The molecule has 3 amide bonds. The van der Waals surface area contributed by atoms with Gasteiger partial charge in [-0.25, -0.2) is 0 Å². The van der Waals surface area contributed by atoms with Crippen molar-refractivity contribution < 1.29 is 19.1 Å². The van der Waals surface area contributed by atoms with E-state index >= 15 is 0 Å². The monoisotopic (exact) mass is 367 g/mol. The molecule has 27 heavy (non-hydrogen) atoms. The van der Waals surface area contributed by atoms with Crippen LogP contribution in [0.1, 0.15) is 18.4 Å². The average Bonchev–Trinajstić information content (AvgIpc) is 3.12. The first kappa shape index (κ1) is 18.4. The van der Waals surface area contributed by atoms with Gasteiger partial charge in [0, 0.05) is 30.9 Å². The fourth-order valence-corrected chi connectivity index (χ4v) is 2.87. The smallest absolute Gasteiger partial charge is 0.313 e. The van der Waals surface area contributed by atoms with Crippen LogP contribution in [0.2, 0.25) is 0 Å². The number of nitrogens with zero attached hydrogens (tertiary/aromatic N) is 1. The molecule has 0 unspecified atom stereocenters. The van der Waals surface area contributed by atoms with E-state index in [1.807, 2.05) is 18.2 Å². The molecule has 0 aromatic heterocycles. The molecule has 2 N–H and O–H groups in total. The molecule has 1 aliphatic heterocycles. The molecular formula is C20H21N3O4. The van der Waals surface area contributed by atoms with Crippen molar-refractivity contribution in [1.29, 1.82) is 0 Å². The van der Waals surface area contributed by atoms with Gasteiger partial charge >= 0.3 is 11.8 Å². The van der Waals surface area contributed by atoms with Crippen molar-refractivity contribution in [3.05, 3.63) is 54.1 Å². The molecule has 0 bridgehead atoms. The van der Waals surface area contributed by atoms with Gasteiger partial charge in [0.2, 0.25) is 5.91 Å². The van der Waals surface area contributed by atoms with Crippen LogP contribution < -0.4 is 20.3 Å². The summed E-state index contributed by atoms with van der Waals surface area (Å²) in [5, 5.41) is 5.14. The van der Waals surface area contributed by atoms with E-state index in [1.165, 1.54) is 0 Å². The van der Waals surface area contributed by atoms with E-state index in [2.05, 4.69) is 10.6 Å². The lowest BCUT2D eigenvalue weighted by molar-refractivity contribution is -0.136. The number of carbonyl (C=O) groups excluding carboxylic acids is 3. The predicted octanol–water partition coefficient (Wildman–Crippen LogP) is 2.08. The van der Waals surface area contributed by atoms with Crippen molar-refractivity contribution in [2.24, 2.45) is 0 Å². The fraction of sp³-hybridized carbons (Fsp3) is 0.250. The van der Waals surface area contributed by atoms with Gasteiger partial charge in [-0.1, -0.05) is 18.2 Å². The summed E-state index contributed by atoms with van der Waals surface area (Å²) < 4.78 is 5.08. The fourth-order valence-electron chi connectivity index (χ4n) is 2.87. The molecule has 2 aromatic carbocycles. The molecule has 0 radical (unpaired) electrons. The summed E-state index contributed by atoms with van der Waals surface area (Å²) in [4.78, 5) is 37.7. The molecule has 3 rings (SSSR count). The van der Waals surface area contributed by atoms with Crippen LogP contribution in [-0.2, 0) is 20.9 Å². The highest BCUT2D eigenvalue weighted by Crippen LogP contribution is 2.24. The van der Waals surface area contributed by atoms with E-state index in [9.17, 15) is 14.4 Å². The largest absolute Gasteiger partial charge is 0.497 e. The second kappa shape index (κ2) is 8.35. The topological polar surface area (TPSA) is 87.7 Å². The van der Waals surface area contributed by atoms with Crippen LogP contribution in [0.25, 0.3) is 0 Å². The zero-order valence-electron chi connectivity index (χ0n) is 15.0. The van der Waals surface area contributed by atoms with Crippen molar-refractivity contribution in [1.82, 2.24) is 5.32 Å². The molecule has 0 spiro atoms. The molecule has 1 heterocycles. The number of rotatable bonds is 5. The molecule has 7 nitrogen and oxygen atoms in total. The van der Waals surface area contributed by atoms with Gasteiger partial charge in [-0.2, -0.15) is 0 Å². The summed E-state index contributed by atoms with van der Waals surface area (Å²) in [7, 11) is 1.58. The zero-order chi connectivity index (χ0) is 19.2. The van der Waals surface area contributed by atoms with Crippen LogP contribution >= 0.6 is 0 Å². The molecule has 2 aromatic rings. The number of anilines is 2.